The van der Waals surface area contributed by atoms with Crippen LogP contribution in [0, 0.1) is 0 Å². The van der Waals surface area contributed by atoms with Gasteiger partial charge in [0.1, 0.15) is 0 Å². The smallest absolute Gasteiger partial charge is 0.310 e. The minimum Gasteiger partial charge on any atom is -0.310 e. The van der Waals surface area contributed by atoms with Gasteiger partial charge in [0.05, 0.1) is 0 Å². The summed E-state index contributed by atoms with van der Waals surface area (Å²) < 4.78 is 0. The number of benzene rings is 8. The minimum atomic E-state index is 0.278. The predicted molar refractivity (Wildman–Crippen MR) is 246 cm³/mol. The standard InChI is InChI=1S/C48H30B2N2S4/c1-5-14-31(15-6-1)51(32-16-7-2-8-17-32)35-24-26-37-39-30-40-38-27-25-36(52(33-18-9-3-10-19-33)34-20-11-4-12-21-34)29-44(38)56-50-48(40)46-45-41(22-13-23-42(45)54-50)53-49(47(39)46)55-43(37)28-35/h1-30H. The van der Waals surface area contributed by atoms with Crippen molar-refractivity contribution in [2.24, 2.45) is 0 Å². The molecule has 0 bridgehead atoms. The number of anilines is 6. The molecule has 56 heavy (non-hydrogen) atoms. The molecule has 0 fully saturated rings. The number of rotatable bonds is 6. The number of hydrogen-bond acceptors (Lipinski definition) is 6. The van der Waals surface area contributed by atoms with Crippen LogP contribution in [0.4, 0.5) is 34.1 Å². The average Bonchev–Trinajstić information content (AvgIpc) is 3.25. The molecule has 0 aromatic heterocycles. The number of para-hydroxylation sites is 4. The van der Waals surface area contributed by atoms with E-state index in [9.17, 15) is 0 Å². The molecule has 262 valence electrons. The quantitative estimate of drug-likeness (QED) is 0.154. The van der Waals surface area contributed by atoms with Crippen LogP contribution in [-0.2, 0) is 0 Å². The lowest BCUT2D eigenvalue weighted by Gasteiger charge is -2.41. The average molecular weight is 785 g/mol. The number of fused-ring (bicyclic) bond motifs is 4. The first-order valence-electron chi connectivity index (χ1n) is 18.9. The lowest BCUT2D eigenvalue weighted by molar-refractivity contribution is 1.26. The maximum Gasteiger partial charge on any atom is 0.318 e. The molecule has 8 heteroatoms. The highest BCUT2D eigenvalue weighted by atomic mass is 32.2. The summed E-state index contributed by atoms with van der Waals surface area (Å²) in [5.41, 5.74) is 18.3. The summed E-state index contributed by atoms with van der Waals surface area (Å²) in [5.74, 6) is 0. The molecule has 4 aliphatic rings. The van der Waals surface area contributed by atoms with Crippen molar-refractivity contribution in [3.8, 4) is 33.4 Å². The van der Waals surface area contributed by atoms with E-state index in [1.165, 1.54) is 75.3 Å². The summed E-state index contributed by atoms with van der Waals surface area (Å²) in [4.78, 5) is 10.2. The zero-order chi connectivity index (χ0) is 36.7. The van der Waals surface area contributed by atoms with Crippen molar-refractivity contribution in [3.05, 3.63) is 182 Å². The van der Waals surface area contributed by atoms with E-state index in [4.69, 9.17) is 0 Å². The van der Waals surface area contributed by atoms with Crippen LogP contribution in [0.25, 0.3) is 33.4 Å². The zero-order valence-electron chi connectivity index (χ0n) is 30.0. The normalized spacial score (nSPS) is 13.7. The molecule has 4 aliphatic heterocycles. The van der Waals surface area contributed by atoms with Gasteiger partial charge in [-0.05, 0) is 130 Å². The van der Waals surface area contributed by atoms with Gasteiger partial charge in [0.25, 0.3) is 0 Å². The third-order valence-corrected chi connectivity index (χ3v) is 16.5. The third kappa shape index (κ3) is 5.20. The minimum absolute atomic E-state index is 0.278. The fraction of sp³-hybridized carbons (Fsp3) is 0. The highest BCUT2D eigenvalue weighted by molar-refractivity contribution is 8.56. The maximum atomic E-state index is 2.56. The van der Waals surface area contributed by atoms with E-state index in [1.807, 2.05) is 46.5 Å². The first-order chi connectivity index (χ1) is 27.8. The Morgan fingerprint density at radius 3 is 1.05 bits per heavy atom. The molecular formula is C48H30B2N2S4. The van der Waals surface area contributed by atoms with Gasteiger partial charge in [-0.15, -0.1) is 0 Å². The molecule has 0 spiro atoms. The van der Waals surface area contributed by atoms with E-state index < -0.39 is 0 Å². The third-order valence-electron chi connectivity index (χ3n) is 11.1. The Morgan fingerprint density at radius 1 is 0.286 bits per heavy atom. The van der Waals surface area contributed by atoms with Crippen LogP contribution >= 0.6 is 46.5 Å². The van der Waals surface area contributed by atoms with Crippen LogP contribution in [0.15, 0.2) is 202 Å². The van der Waals surface area contributed by atoms with Gasteiger partial charge in [0.2, 0.25) is 0 Å². The largest absolute Gasteiger partial charge is 0.318 e. The van der Waals surface area contributed by atoms with Crippen molar-refractivity contribution in [3.63, 3.8) is 0 Å². The molecule has 4 heterocycles. The fourth-order valence-electron chi connectivity index (χ4n) is 8.76. The van der Waals surface area contributed by atoms with Crippen LogP contribution in [0.3, 0.4) is 0 Å². The molecular weight excluding hydrogens is 754 g/mol. The SMILES string of the molecule is c1ccc(N(c2ccccc2)c2ccc3c(c2)SB2Sc4cccc5c4-c4c2c-3cc2c4B(Sc3cc(N(c4ccccc4)c4ccccc4)ccc3-2)S5)cc1. The Morgan fingerprint density at radius 2 is 0.661 bits per heavy atom. The van der Waals surface area contributed by atoms with Gasteiger partial charge in [-0.1, -0.05) is 91.0 Å². The molecule has 8 aromatic carbocycles. The Kier molecular flexibility index (Phi) is 7.82. The lowest BCUT2D eigenvalue weighted by atomic mass is 9.67. The first-order valence-corrected chi connectivity index (χ1v) is 22.4. The topological polar surface area (TPSA) is 6.48 Å². The molecule has 12 rings (SSSR count). The van der Waals surface area contributed by atoms with Gasteiger partial charge in [-0.25, -0.2) is 0 Å². The Labute approximate surface area is 344 Å². The molecule has 2 nitrogen and oxygen atoms in total. The van der Waals surface area contributed by atoms with Crippen molar-refractivity contribution >= 4 is 102 Å². The van der Waals surface area contributed by atoms with Gasteiger partial charge in [-0.2, -0.15) is 46.5 Å². The van der Waals surface area contributed by atoms with Gasteiger partial charge in [0.15, 0.2) is 0 Å². The fourth-order valence-corrected chi connectivity index (χ4v) is 14.8. The molecule has 8 aromatic rings. The second-order valence-electron chi connectivity index (χ2n) is 14.3. The van der Waals surface area contributed by atoms with Crippen LogP contribution in [0.1, 0.15) is 0 Å². The van der Waals surface area contributed by atoms with E-state index >= 15 is 0 Å². The summed E-state index contributed by atoms with van der Waals surface area (Å²) in [6.07, 6.45) is 0. The maximum absolute atomic E-state index is 2.56. The first kappa shape index (κ1) is 33.1. The highest BCUT2D eigenvalue weighted by Gasteiger charge is 2.46. The zero-order valence-corrected chi connectivity index (χ0v) is 33.3. The summed E-state index contributed by atoms with van der Waals surface area (Å²) >= 11 is 8.12. The van der Waals surface area contributed by atoms with Crippen molar-refractivity contribution in [1.82, 2.24) is 0 Å². The summed E-state index contributed by atoms with van der Waals surface area (Å²) in [7, 11) is 0. The molecule has 0 saturated heterocycles. The Hall–Kier alpha value is -5.11. The Bertz CT molecular complexity index is 2570. The van der Waals surface area contributed by atoms with E-state index in [2.05, 4.69) is 192 Å². The molecule has 0 atom stereocenters. The van der Waals surface area contributed by atoms with E-state index in [0.29, 0.717) is 0 Å². The van der Waals surface area contributed by atoms with E-state index in [1.54, 1.807) is 0 Å². The molecule has 0 saturated carbocycles. The van der Waals surface area contributed by atoms with Gasteiger partial charge in [-0.3, -0.25) is 0 Å². The van der Waals surface area contributed by atoms with Crippen LogP contribution in [0.5, 0.6) is 0 Å². The van der Waals surface area contributed by atoms with Crippen molar-refractivity contribution in [2.45, 2.75) is 19.6 Å². The predicted octanol–water partition coefficient (Wildman–Crippen LogP) is 13.4. The van der Waals surface area contributed by atoms with Gasteiger partial charge >= 0.3 is 10.5 Å². The van der Waals surface area contributed by atoms with Crippen molar-refractivity contribution in [1.29, 1.82) is 0 Å². The summed E-state index contributed by atoms with van der Waals surface area (Å²) in [5, 5.41) is 0.557. The number of hydrogen-bond donors (Lipinski definition) is 0. The molecule has 0 aliphatic carbocycles. The monoisotopic (exact) mass is 784 g/mol. The lowest BCUT2D eigenvalue weighted by Crippen LogP contribution is -2.44. The van der Waals surface area contributed by atoms with Crippen molar-refractivity contribution < 1.29 is 0 Å². The van der Waals surface area contributed by atoms with Crippen LogP contribution in [-0.4, -0.2) is 10.5 Å². The summed E-state index contributed by atoms with van der Waals surface area (Å²) in [6.45, 7) is 0. The van der Waals surface area contributed by atoms with Crippen LogP contribution < -0.4 is 20.7 Å². The molecule has 0 N–H and O–H groups in total. The molecule has 0 amide bonds. The van der Waals surface area contributed by atoms with E-state index in [0.717, 1.165) is 22.7 Å². The molecule has 0 radical (unpaired) electrons. The van der Waals surface area contributed by atoms with Crippen molar-refractivity contribution in [2.75, 3.05) is 9.80 Å². The van der Waals surface area contributed by atoms with Gasteiger partial charge < -0.3 is 9.80 Å². The second-order valence-corrected chi connectivity index (χ2v) is 19.5. The molecule has 0 unspecified atom stereocenters. The van der Waals surface area contributed by atoms with Crippen LogP contribution in [0.2, 0.25) is 0 Å². The Balaban J connectivity index is 1.05. The van der Waals surface area contributed by atoms with E-state index in [-0.39, 0.29) is 10.5 Å². The summed E-state index contributed by atoms with van der Waals surface area (Å²) in [6, 6.07) is 66.8. The van der Waals surface area contributed by atoms with Gasteiger partial charge in [0, 0.05) is 59.3 Å². The second kappa shape index (κ2) is 13.2. The highest BCUT2D eigenvalue weighted by Crippen LogP contribution is 2.58. The number of nitrogens with zero attached hydrogens (tertiary/aromatic N) is 2.